The van der Waals surface area contributed by atoms with Gasteiger partial charge in [0.1, 0.15) is 11.6 Å². The third kappa shape index (κ3) is 5.09. The smallest absolute Gasteiger partial charge is 0.374 e. The highest BCUT2D eigenvalue weighted by molar-refractivity contribution is 8.00. The number of carbonyl (C=O) groups excluding carboxylic acids is 1. The highest BCUT2D eigenvalue weighted by Gasteiger charge is 2.30. The van der Waals surface area contributed by atoms with Gasteiger partial charge in [-0.15, -0.1) is 0 Å². The van der Waals surface area contributed by atoms with Crippen LogP contribution in [0.5, 0.6) is 0 Å². The number of benzene rings is 2. The van der Waals surface area contributed by atoms with Crippen LogP contribution in [0, 0.1) is 23.0 Å². The normalized spacial score (nSPS) is 11.6. The Morgan fingerprint density at radius 3 is 2.26 bits per heavy atom. The van der Waals surface area contributed by atoms with Crippen molar-refractivity contribution in [1.29, 1.82) is 5.41 Å². The van der Waals surface area contributed by atoms with Gasteiger partial charge in [-0.3, -0.25) is 4.79 Å². The van der Waals surface area contributed by atoms with Crippen molar-refractivity contribution >= 4 is 34.9 Å². The van der Waals surface area contributed by atoms with Crippen LogP contribution < -0.4 is 10.0 Å². The number of halogens is 5. The van der Waals surface area contributed by atoms with Crippen LogP contribution in [0.2, 0.25) is 0 Å². The molecule has 0 aliphatic carbocycles. The number of alkyl halides is 3. The van der Waals surface area contributed by atoms with Crippen molar-refractivity contribution in [3.8, 4) is 0 Å². The van der Waals surface area contributed by atoms with E-state index in [-0.39, 0.29) is 28.4 Å². The van der Waals surface area contributed by atoms with Gasteiger partial charge in [-0.1, -0.05) is 13.8 Å². The van der Waals surface area contributed by atoms with Crippen LogP contribution in [0.1, 0.15) is 40.9 Å². The number of hydrogen-bond donors (Lipinski definition) is 4. The Morgan fingerprint density at radius 1 is 1.06 bits per heavy atom. The number of nitrogens with one attached hydrogen (secondary N) is 4. The molecule has 4 N–H and O–H groups in total. The molecule has 0 unspecified atom stereocenters. The third-order valence-corrected chi connectivity index (χ3v) is 5.83. The summed E-state index contributed by atoms with van der Waals surface area (Å²) in [5, 5.41) is 11.1. The summed E-state index contributed by atoms with van der Waals surface area (Å²) in [6, 6.07) is 6.19. The van der Waals surface area contributed by atoms with Gasteiger partial charge in [0, 0.05) is 29.4 Å². The second-order valence-corrected chi connectivity index (χ2v) is 8.49. The molecule has 0 atom stereocenters. The highest BCUT2D eigenvalue weighted by atomic mass is 32.2. The van der Waals surface area contributed by atoms with Gasteiger partial charge in [-0.25, -0.2) is 8.78 Å². The Morgan fingerprint density at radius 2 is 1.71 bits per heavy atom. The van der Waals surface area contributed by atoms with Gasteiger partial charge in [0.25, 0.3) is 0 Å². The molecule has 34 heavy (non-hydrogen) atoms. The van der Waals surface area contributed by atoms with Gasteiger partial charge < -0.3 is 20.4 Å². The van der Waals surface area contributed by atoms with E-state index in [4.69, 9.17) is 5.41 Å². The first-order valence-electron chi connectivity index (χ1n) is 10.1. The van der Waals surface area contributed by atoms with Gasteiger partial charge >= 0.3 is 6.18 Å². The van der Waals surface area contributed by atoms with E-state index in [1.165, 1.54) is 18.3 Å². The summed E-state index contributed by atoms with van der Waals surface area (Å²) >= 11 is 0.807. The summed E-state index contributed by atoms with van der Waals surface area (Å²) < 4.78 is 70.5. The van der Waals surface area contributed by atoms with E-state index in [0.717, 1.165) is 36.2 Å². The van der Waals surface area contributed by atoms with Crippen LogP contribution in [-0.4, -0.2) is 23.5 Å². The fourth-order valence-corrected chi connectivity index (χ4v) is 3.83. The molecule has 0 bridgehead atoms. The lowest BCUT2D eigenvalue weighted by Crippen LogP contribution is -2.16. The van der Waals surface area contributed by atoms with Gasteiger partial charge in [0.2, 0.25) is 5.78 Å². The minimum atomic E-state index is -4.48. The predicted molar refractivity (Wildman–Crippen MR) is 123 cm³/mol. The molecule has 0 aliphatic heterocycles. The van der Waals surface area contributed by atoms with Crippen molar-refractivity contribution in [2.75, 3.05) is 17.1 Å². The fourth-order valence-electron chi connectivity index (χ4n) is 3.17. The standard InChI is InChI=1S/C23H21F5N4OS/c1-11(2)20(29)17-14(10-31-22(17)30-3)21(33)18-15(24)8-9-16(19(18)25)32-34-13-6-4-12(5-7-13)23(26,27)28/h4-11,29-32H,1-3H3. The van der Waals surface area contributed by atoms with Gasteiger partial charge in [0.15, 0.2) is 5.82 Å². The molecule has 180 valence electrons. The zero-order valence-electron chi connectivity index (χ0n) is 18.3. The van der Waals surface area contributed by atoms with E-state index < -0.39 is 34.7 Å². The molecule has 11 heteroatoms. The second-order valence-electron chi connectivity index (χ2n) is 7.61. The molecule has 1 heterocycles. The molecule has 2 aromatic carbocycles. The van der Waals surface area contributed by atoms with Crippen LogP contribution in [0.3, 0.4) is 0 Å². The fraction of sp³-hybridized carbons (Fsp3) is 0.217. The first kappa shape index (κ1) is 25.3. The lowest BCUT2D eigenvalue weighted by atomic mass is 9.93. The largest absolute Gasteiger partial charge is 0.416 e. The SMILES string of the molecule is CNc1[nH]cc(C(=O)c2c(F)ccc(NSc3ccc(C(F)(F)F)cc3)c2F)c1C(=N)C(C)C. The number of H-pyrrole nitrogens is 1. The van der Waals surface area contributed by atoms with Gasteiger partial charge in [-0.2, -0.15) is 13.2 Å². The molecule has 0 saturated heterocycles. The van der Waals surface area contributed by atoms with Gasteiger partial charge in [-0.05, 0) is 54.3 Å². The monoisotopic (exact) mass is 496 g/mol. The molecule has 5 nitrogen and oxygen atoms in total. The molecule has 3 aromatic rings. The molecule has 1 aromatic heterocycles. The number of ketones is 1. The number of rotatable bonds is 8. The average molecular weight is 497 g/mol. The Kier molecular flexibility index (Phi) is 7.35. The maximum absolute atomic E-state index is 15.2. The Bertz CT molecular complexity index is 1220. The molecule has 3 rings (SSSR count). The van der Waals surface area contributed by atoms with Crippen molar-refractivity contribution in [3.05, 3.63) is 76.5 Å². The molecule has 0 fully saturated rings. The van der Waals surface area contributed by atoms with E-state index >= 15 is 4.39 Å². The summed E-state index contributed by atoms with van der Waals surface area (Å²) in [5.41, 5.74) is -1.58. The first-order chi connectivity index (χ1) is 16.0. The third-order valence-electron chi connectivity index (χ3n) is 5.00. The van der Waals surface area contributed by atoms with Crippen LogP contribution in [-0.2, 0) is 6.18 Å². The molecule has 0 amide bonds. The highest BCUT2D eigenvalue weighted by Crippen LogP contribution is 2.33. The average Bonchev–Trinajstić information content (AvgIpc) is 3.21. The minimum absolute atomic E-state index is 0.0617. The molecular weight excluding hydrogens is 475 g/mol. The zero-order chi connectivity index (χ0) is 25.2. The van der Waals surface area contributed by atoms with E-state index in [0.29, 0.717) is 10.7 Å². The Hall–Kier alpha value is -3.34. The molecular formula is C23H21F5N4OS. The van der Waals surface area contributed by atoms with E-state index in [1.54, 1.807) is 20.9 Å². The summed E-state index contributed by atoms with van der Waals surface area (Å²) in [7, 11) is 1.58. The Balaban J connectivity index is 1.91. The number of aromatic nitrogens is 1. The summed E-state index contributed by atoms with van der Waals surface area (Å²) in [6.45, 7) is 3.51. The Labute approximate surface area is 196 Å². The molecule has 0 spiro atoms. The number of aromatic amines is 1. The number of hydrogen-bond acceptors (Lipinski definition) is 5. The zero-order valence-corrected chi connectivity index (χ0v) is 19.1. The summed E-state index contributed by atoms with van der Waals surface area (Å²) in [6.07, 6.45) is -3.19. The number of carbonyl (C=O) groups is 1. The topological polar surface area (TPSA) is 80.8 Å². The maximum Gasteiger partial charge on any atom is 0.416 e. The van der Waals surface area contributed by atoms with Crippen molar-refractivity contribution in [3.63, 3.8) is 0 Å². The van der Waals surface area contributed by atoms with Crippen LogP contribution in [0.4, 0.5) is 33.5 Å². The first-order valence-corrected chi connectivity index (χ1v) is 10.9. The molecule has 0 aliphatic rings. The van der Waals surface area contributed by atoms with E-state index in [2.05, 4.69) is 15.0 Å². The van der Waals surface area contributed by atoms with Gasteiger partial charge in [0.05, 0.1) is 22.4 Å². The summed E-state index contributed by atoms with van der Waals surface area (Å²) in [4.78, 5) is 16.3. The summed E-state index contributed by atoms with van der Waals surface area (Å²) in [5.74, 6) is -3.07. The van der Waals surface area contributed by atoms with Crippen molar-refractivity contribution in [2.24, 2.45) is 5.92 Å². The van der Waals surface area contributed by atoms with E-state index in [1.807, 2.05) is 0 Å². The second kappa shape index (κ2) is 9.88. The lowest BCUT2D eigenvalue weighted by Gasteiger charge is -2.13. The van der Waals surface area contributed by atoms with E-state index in [9.17, 15) is 22.4 Å². The van der Waals surface area contributed by atoms with Crippen molar-refractivity contribution in [1.82, 2.24) is 4.98 Å². The lowest BCUT2D eigenvalue weighted by molar-refractivity contribution is -0.137. The van der Waals surface area contributed by atoms with Crippen molar-refractivity contribution < 1.29 is 26.7 Å². The number of anilines is 2. The van der Waals surface area contributed by atoms with Crippen LogP contribution in [0.15, 0.2) is 47.5 Å². The van der Waals surface area contributed by atoms with Crippen LogP contribution >= 0.6 is 11.9 Å². The maximum atomic E-state index is 15.2. The van der Waals surface area contributed by atoms with Crippen molar-refractivity contribution in [2.45, 2.75) is 24.9 Å². The molecule has 0 saturated carbocycles. The predicted octanol–water partition coefficient (Wildman–Crippen LogP) is 6.73. The van der Waals surface area contributed by atoms with Crippen LogP contribution in [0.25, 0.3) is 0 Å². The minimum Gasteiger partial charge on any atom is -0.374 e. The molecule has 0 radical (unpaired) electrons. The quantitative estimate of drug-likeness (QED) is 0.121.